The molecule has 0 radical (unpaired) electrons. The minimum Gasteiger partial charge on any atom is -0.463 e. The fourth-order valence-electron chi connectivity index (χ4n) is 3.81. The summed E-state index contributed by atoms with van der Waals surface area (Å²) in [5.74, 6) is -1.01. The molecule has 0 spiro atoms. The van der Waals surface area contributed by atoms with Crippen LogP contribution in [-0.2, 0) is 23.4 Å². The van der Waals surface area contributed by atoms with E-state index in [1.807, 2.05) is 0 Å². The third kappa shape index (κ3) is 6.77. The van der Waals surface area contributed by atoms with Gasteiger partial charge in [-0.2, -0.15) is 0 Å². The minimum absolute atomic E-state index is 0.0567. The second-order valence-corrected chi connectivity index (χ2v) is 11.2. The van der Waals surface area contributed by atoms with Crippen LogP contribution in [0.2, 0.25) is 0 Å². The summed E-state index contributed by atoms with van der Waals surface area (Å²) in [4.78, 5) is 17.5. The summed E-state index contributed by atoms with van der Waals surface area (Å²) in [6.45, 7) is 6.69. The summed E-state index contributed by atoms with van der Waals surface area (Å²) >= 11 is 0. The lowest BCUT2D eigenvalue weighted by Crippen LogP contribution is -2.55. The molecule has 4 N–H and O–H groups in total. The lowest BCUT2D eigenvalue weighted by Gasteiger charge is -2.36. The van der Waals surface area contributed by atoms with Gasteiger partial charge in [0.25, 0.3) is 0 Å². The second kappa shape index (κ2) is 11.7. The molecule has 13 heteroatoms. The lowest BCUT2D eigenvalue weighted by molar-refractivity contribution is -0.151. The molecule has 6 atom stereocenters. The summed E-state index contributed by atoms with van der Waals surface area (Å²) in [7, 11) is -4.05. The molecular weight excluding hydrogens is 508 g/mol. The largest absolute Gasteiger partial charge is 0.463 e. The molecule has 1 fully saturated rings. The van der Waals surface area contributed by atoms with E-state index in [-0.39, 0.29) is 29.7 Å². The summed E-state index contributed by atoms with van der Waals surface area (Å²) in [5, 5.41) is 21.7. The van der Waals surface area contributed by atoms with Crippen LogP contribution in [0, 0.1) is 5.92 Å². The number of para-hydroxylation sites is 1. The van der Waals surface area contributed by atoms with E-state index >= 15 is 0 Å². The van der Waals surface area contributed by atoms with Gasteiger partial charge in [0.1, 0.15) is 36.3 Å². The number of aliphatic imine (C=N–C) groups is 1. The molecule has 2 aliphatic heterocycles. The van der Waals surface area contributed by atoms with Crippen molar-refractivity contribution < 1.29 is 42.5 Å². The zero-order valence-electron chi connectivity index (χ0n) is 20.9. The van der Waals surface area contributed by atoms with Crippen molar-refractivity contribution in [2.45, 2.75) is 50.9 Å². The zero-order valence-corrected chi connectivity index (χ0v) is 21.8. The summed E-state index contributed by atoms with van der Waals surface area (Å²) in [6.07, 6.45) is -2.46. The highest BCUT2D eigenvalue weighted by molar-refractivity contribution is 7.54. The number of rotatable bonds is 11. The Hall–Kier alpha value is -2.76. The Morgan fingerprint density at radius 1 is 1.35 bits per heavy atom. The van der Waals surface area contributed by atoms with Crippen molar-refractivity contribution >= 4 is 19.4 Å². The zero-order chi connectivity index (χ0) is 27.4. The van der Waals surface area contributed by atoms with Gasteiger partial charge in [-0.1, -0.05) is 31.7 Å². The van der Waals surface area contributed by atoms with Gasteiger partial charge in [-0.25, -0.2) is 13.9 Å². The first kappa shape index (κ1) is 28.8. The Morgan fingerprint density at radius 2 is 2.03 bits per heavy atom. The molecular formula is C24H33FN3O8P. The van der Waals surface area contributed by atoms with Crippen molar-refractivity contribution in [2.75, 3.05) is 19.4 Å². The summed E-state index contributed by atoms with van der Waals surface area (Å²) < 4.78 is 50.0. The van der Waals surface area contributed by atoms with Crippen molar-refractivity contribution in [1.82, 2.24) is 4.90 Å². The maximum Gasteiger partial charge on any atom is 0.380 e. The third-order valence-electron chi connectivity index (χ3n) is 5.70. The van der Waals surface area contributed by atoms with Crippen LogP contribution in [0.15, 0.2) is 60.0 Å². The lowest BCUT2D eigenvalue weighted by atomic mass is 9.95. The molecule has 0 bridgehead atoms. The molecule has 0 aliphatic carbocycles. The number of aliphatic hydroxyl groups excluding tert-OH is 1. The third-order valence-corrected chi connectivity index (χ3v) is 7.73. The van der Waals surface area contributed by atoms with Gasteiger partial charge < -0.3 is 34.8 Å². The van der Waals surface area contributed by atoms with Gasteiger partial charge in [-0.15, -0.1) is 0 Å². The van der Waals surface area contributed by atoms with Crippen LogP contribution in [0.5, 0.6) is 5.75 Å². The average Bonchev–Trinajstić information content (AvgIpc) is 3.08. The number of aliphatic hydroxyl groups is 2. The van der Waals surface area contributed by atoms with Crippen LogP contribution in [0.3, 0.4) is 0 Å². The number of nitrogens with two attached hydrogens (primary N) is 1. The van der Waals surface area contributed by atoms with Crippen molar-refractivity contribution in [3.63, 3.8) is 0 Å². The molecule has 37 heavy (non-hydrogen) atoms. The molecule has 0 amide bonds. The predicted octanol–water partition coefficient (Wildman–Crippen LogP) is 2.31. The van der Waals surface area contributed by atoms with Crippen LogP contribution in [-0.4, -0.2) is 76.5 Å². The van der Waals surface area contributed by atoms with Crippen molar-refractivity contribution in [2.24, 2.45) is 16.6 Å². The van der Waals surface area contributed by atoms with Crippen LogP contribution in [0.4, 0.5) is 4.39 Å². The topological polar surface area (TPSA) is 153 Å². The maximum absolute atomic E-state index is 14.0. The first-order valence-electron chi connectivity index (χ1n) is 11.7. The van der Waals surface area contributed by atoms with E-state index in [9.17, 15) is 24.0 Å². The summed E-state index contributed by atoms with van der Waals surface area (Å²) in [6, 6.07) is 8.20. The number of alkyl halides is 1. The number of benzene rings is 1. The first-order chi connectivity index (χ1) is 17.4. The fourth-order valence-corrected chi connectivity index (χ4v) is 5.68. The maximum atomic E-state index is 14.0. The molecule has 2 heterocycles. The van der Waals surface area contributed by atoms with Gasteiger partial charge in [-0.3, -0.25) is 9.32 Å². The van der Waals surface area contributed by atoms with E-state index in [0.717, 1.165) is 0 Å². The monoisotopic (exact) mass is 541 g/mol. The smallest absolute Gasteiger partial charge is 0.380 e. The first-order valence-corrected chi connectivity index (χ1v) is 13.4. The number of halogens is 1. The van der Waals surface area contributed by atoms with Gasteiger partial charge in [0.05, 0.1) is 24.8 Å². The van der Waals surface area contributed by atoms with E-state index in [0.29, 0.717) is 0 Å². The Kier molecular flexibility index (Phi) is 9.14. The number of hydrogen-bond acceptors (Lipinski definition) is 11. The highest BCUT2D eigenvalue weighted by Crippen LogP contribution is 2.51. The van der Waals surface area contributed by atoms with Crippen molar-refractivity contribution in [3.05, 3.63) is 55.0 Å². The van der Waals surface area contributed by atoms with Gasteiger partial charge >= 0.3 is 13.6 Å². The molecule has 0 aromatic heterocycles. The van der Waals surface area contributed by atoms with Crippen LogP contribution < -0.4 is 10.3 Å². The number of hydrogen-bond donors (Lipinski definition) is 3. The molecule has 1 unspecified atom stereocenters. The minimum atomic E-state index is -4.05. The Balaban J connectivity index is 1.79. The number of ether oxygens (including phenoxy) is 2. The number of carbonyl (C=O) groups excluding carboxylic acids is 1. The molecule has 1 saturated heterocycles. The standard InChI is InChI=1S/C24H33FN3O8P/c1-15(2)34-22(30)16(3)13-37(32,36-18-8-6-5-7-9-18)33-12-19-21(29)24(31,14-25)23(35-19)28-11-10-20(26)27-17(28)4/h5-11,15-16,19,21,23,29,31H,4,12-14H2,1-3H3,(H2,26,27)/t16-,19-,21+,23-,24?,37+/m1/s1. The predicted molar refractivity (Wildman–Crippen MR) is 133 cm³/mol. The number of nitrogens with zero attached hydrogens (tertiary/aromatic N) is 2. The van der Waals surface area contributed by atoms with Crippen molar-refractivity contribution in [1.29, 1.82) is 0 Å². The highest BCUT2D eigenvalue weighted by Gasteiger charge is 2.58. The molecule has 1 aromatic rings. The fraction of sp³-hybridized carbons (Fsp3) is 0.500. The van der Waals surface area contributed by atoms with Gasteiger partial charge in [0.15, 0.2) is 11.8 Å². The second-order valence-electron chi connectivity index (χ2n) is 9.15. The van der Waals surface area contributed by atoms with Gasteiger partial charge in [0.2, 0.25) is 0 Å². The highest BCUT2D eigenvalue weighted by atomic mass is 31.2. The van der Waals surface area contributed by atoms with E-state index in [2.05, 4.69) is 11.6 Å². The molecule has 204 valence electrons. The average molecular weight is 542 g/mol. The van der Waals surface area contributed by atoms with Crippen LogP contribution in [0.1, 0.15) is 20.8 Å². The van der Waals surface area contributed by atoms with Crippen LogP contribution in [0.25, 0.3) is 0 Å². The quantitative estimate of drug-likeness (QED) is 0.281. The molecule has 11 nitrogen and oxygen atoms in total. The number of amidine groups is 1. The van der Waals surface area contributed by atoms with E-state index in [1.54, 1.807) is 44.2 Å². The number of carbonyl (C=O) groups is 1. The number of esters is 1. The van der Waals surface area contributed by atoms with Gasteiger partial charge in [-0.05, 0) is 32.1 Å². The van der Waals surface area contributed by atoms with Crippen LogP contribution >= 0.6 is 7.60 Å². The Bertz CT molecular complexity index is 1090. The van der Waals surface area contributed by atoms with Crippen molar-refractivity contribution in [3.8, 4) is 5.75 Å². The Labute approximate surface area is 214 Å². The molecule has 0 saturated carbocycles. The molecule has 3 rings (SSSR count). The summed E-state index contributed by atoms with van der Waals surface area (Å²) in [5.41, 5.74) is 3.25. The van der Waals surface area contributed by atoms with E-state index < -0.39 is 56.8 Å². The van der Waals surface area contributed by atoms with E-state index in [4.69, 9.17) is 24.3 Å². The van der Waals surface area contributed by atoms with E-state index in [1.165, 1.54) is 24.1 Å². The molecule has 1 aromatic carbocycles. The van der Waals surface area contributed by atoms with Gasteiger partial charge in [0, 0.05) is 6.20 Å². The Morgan fingerprint density at radius 3 is 2.62 bits per heavy atom. The normalized spacial score (nSPS) is 28.1. The molecule has 2 aliphatic rings. The SMILES string of the molecule is C=C1N=C(N)C=CN1[C@@H]1O[C@H](CO[P@@](=O)(C[C@@H](C)C(=O)OC(C)C)Oc2ccccc2)[C@H](O)C1(O)CF.